The molecule has 1 aliphatic heterocycles. The van der Waals surface area contributed by atoms with Crippen molar-refractivity contribution in [2.45, 2.75) is 40.0 Å². The summed E-state index contributed by atoms with van der Waals surface area (Å²) < 4.78 is 8.37. The SMILES string of the molecule is Cc1nc2cc(-c3cc(C(C)(C)C)ccn3)[c-]c(Oc3[c-]c(N4C=CN(C)[CH-]4)ccc3)n2c1C.[Pt]. The van der Waals surface area contributed by atoms with Gasteiger partial charge in [0.2, 0.25) is 0 Å². The van der Waals surface area contributed by atoms with E-state index in [1.54, 1.807) is 0 Å². The summed E-state index contributed by atoms with van der Waals surface area (Å²) in [6, 6.07) is 18.9. The first kappa shape index (κ1) is 25.0. The van der Waals surface area contributed by atoms with Crippen LogP contribution in [0.15, 0.2) is 55.0 Å². The Bertz CT molecular complexity index is 1400. The maximum atomic E-state index is 6.38. The second-order valence-corrected chi connectivity index (χ2v) is 9.63. The molecule has 0 N–H and O–H groups in total. The van der Waals surface area contributed by atoms with Crippen molar-refractivity contribution >= 4 is 11.3 Å². The third-order valence-corrected chi connectivity index (χ3v) is 6.00. The van der Waals surface area contributed by atoms with E-state index in [4.69, 9.17) is 9.72 Å². The van der Waals surface area contributed by atoms with E-state index in [0.717, 1.165) is 34.0 Å². The molecule has 0 amide bonds. The third kappa shape index (κ3) is 4.99. The molecule has 1 aliphatic rings. The van der Waals surface area contributed by atoms with E-state index < -0.39 is 0 Å². The first-order chi connectivity index (χ1) is 16.2. The summed E-state index contributed by atoms with van der Waals surface area (Å²) in [5.74, 6) is 1.16. The Hall–Kier alpha value is -3.11. The van der Waals surface area contributed by atoms with E-state index in [1.807, 2.05) is 84.6 Å². The van der Waals surface area contributed by atoms with Crippen LogP contribution in [0.4, 0.5) is 5.69 Å². The van der Waals surface area contributed by atoms with E-state index in [-0.39, 0.29) is 26.5 Å². The maximum Gasteiger partial charge on any atom is 0.141 e. The Labute approximate surface area is 221 Å². The van der Waals surface area contributed by atoms with E-state index in [2.05, 4.69) is 50.0 Å². The molecule has 0 unspecified atom stereocenters. The average Bonchev–Trinajstić information content (AvgIpc) is 3.36. The van der Waals surface area contributed by atoms with Gasteiger partial charge < -0.3 is 19.5 Å². The van der Waals surface area contributed by atoms with Crippen LogP contribution in [-0.4, -0.2) is 26.3 Å². The number of nitrogens with zero attached hydrogens (tertiary/aromatic N) is 5. The zero-order valence-electron chi connectivity index (χ0n) is 20.7. The Morgan fingerprint density at radius 1 is 1.03 bits per heavy atom. The smallest absolute Gasteiger partial charge is 0.141 e. The molecule has 3 aromatic heterocycles. The van der Waals surface area contributed by atoms with E-state index >= 15 is 0 Å². The maximum absolute atomic E-state index is 6.38. The van der Waals surface area contributed by atoms with Gasteiger partial charge in [-0.25, -0.2) is 4.98 Å². The number of aryl methyl sites for hydroxylation is 2. The molecule has 4 aromatic rings. The number of pyridine rings is 2. The van der Waals surface area contributed by atoms with E-state index in [1.165, 1.54) is 5.56 Å². The summed E-state index contributed by atoms with van der Waals surface area (Å²) in [5.41, 5.74) is 6.57. The van der Waals surface area contributed by atoms with Crippen LogP contribution in [0, 0.1) is 32.6 Å². The molecule has 0 radical (unpaired) electrons. The fraction of sp³-hybridized carbons (Fsp3) is 0.250. The molecule has 4 heterocycles. The summed E-state index contributed by atoms with van der Waals surface area (Å²) in [6.07, 6.45) is 5.82. The molecule has 0 saturated carbocycles. The summed E-state index contributed by atoms with van der Waals surface area (Å²) >= 11 is 0. The van der Waals surface area contributed by atoms with Crippen LogP contribution < -0.4 is 9.64 Å². The summed E-state index contributed by atoms with van der Waals surface area (Å²) in [5, 5.41) is 0. The van der Waals surface area contributed by atoms with Crippen LogP contribution >= 0.6 is 0 Å². The van der Waals surface area contributed by atoms with Crippen molar-refractivity contribution in [3.8, 4) is 22.9 Å². The summed E-state index contributed by atoms with van der Waals surface area (Å²) in [7, 11) is 1.99. The van der Waals surface area contributed by atoms with Crippen LogP contribution in [0.2, 0.25) is 0 Å². The number of hydrogen-bond acceptors (Lipinski definition) is 5. The van der Waals surface area contributed by atoms with Crippen molar-refractivity contribution < 1.29 is 25.8 Å². The van der Waals surface area contributed by atoms with Gasteiger partial charge in [-0.2, -0.15) is 18.3 Å². The zero-order valence-corrected chi connectivity index (χ0v) is 23.0. The van der Waals surface area contributed by atoms with E-state index in [0.29, 0.717) is 11.6 Å². The molecule has 0 atom stereocenters. The van der Waals surface area contributed by atoms with Crippen molar-refractivity contribution in [2.75, 3.05) is 11.9 Å². The number of fused-ring (bicyclic) bond motifs is 1. The predicted molar refractivity (Wildman–Crippen MR) is 134 cm³/mol. The van der Waals surface area contributed by atoms with E-state index in [9.17, 15) is 0 Å². The predicted octanol–water partition coefficient (Wildman–Crippen LogP) is 6.04. The summed E-state index contributed by atoms with van der Waals surface area (Å²) in [4.78, 5) is 13.4. The van der Waals surface area contributed by atoms with Crippen molar-refractivity contribution in [2.24, 2.45) is 0 Å². The molecule has 0 fully saturated rings. The first-order valence-electron chi connectivity index (χ1n) is 11.3. The molecule has 184 valence electrons. The minimum atomic E-state index is 0. The number of rotatable bonds is 4. The van der Waals surface area contributed by atoms with Crippen molar-refractivity contribution in [1.29, 1.82) is 0 Å². The number of anilines is 1. The van der Waals surface area contributed by atoms with Gasteiger partial charge in [0.25, 0.3) is 0 Å². The van der Waals surface area contributed by atoms with Crippen molar-refractivity contribution in [1.82, 2.24) is 19.3 Å². The van der Waals surface area contributed by atoms with Crippen LogP contribution in [0.3, 0.4) is 0 Å². The van der Waals surface area contributed by atoms with Gasteiger partial charge in [-0.3, -0.25) is 4.40 Å². The Balaban J connectivity index is 0.00000289. The van der Waals surface area contributed by atoms with Crippen molar-refractivity contribution in [3.63, 3.8) is 0 Å². The molecule has 0 aliphatic carbocycles. The number of imidazole rings is 1. The van der Waals surface area contributed by atoms with Gasteiger partial charge in [-0.05, 0) is 50.5 Å². The monoisotopic (exact) mass is 645 g/mol. The standard InChI is InChI=1S/C28H28N5O.Pt/c1-19-20(2)33-26(30-19)14-21(25-16-22(10-11-29-25)28(3,4)5)15-27(33)34-24-9-7-8-23(17-24)32-13-12-31(6)18-32;/h7-14,16,18H,1-6H3;/q-3;. The van der Waals surface area contributed by atoms with Gasteiger partial charge in [-0.1, -0.05) is 32.4 Å². The fourth-order valence-electron chi connectivity index (χ4n) is 3.92. The van der Waals surface area contributed by atoms with Crippen LogP contribution in [-0.2, 0) is 26.5 Å². The number of benzene rings is 1. The zero-order chi connectivity index (χ0) is 24.0. The van der Waals surface area contributed by atoms with Crippen LogP contribution in [0.1, 0.15) is 37.7 Å². The topological polar surface area (TPSA) is 45.9 Å². The van der Waals surface area contributed by atoms with Crippen molar-refractivity contribution in [3.05, 3.63) is 90.7 Å². The molecule has 0 bridgehead atoms. The second kappa shape index (κ2) is 9.50. The van der Waals surface area contributed by atoms with Crippen LogP contribution in [0.25, 0.3) is 16.9 Å². The number of ether oxygens (including phenoxy) is 1. The molecule has 0 spiro atoms. The molecule has 0 saturated heterocycles. The largest absolute Gasteiger partial charge is 0.510 e. The Kier molecular flexibility index (Phi) is 6.79. The molecule has 7 heteroatoms. The molecule has 35 heavy (non-hydrogen) atoms. The second-order valence-electron chi connectivity index (χ2n) is 9.63. The summed E-state index contributed by atoms with van der Waals surface area (Å²) in [6.45, 7) is 12.6. The van der Waals surface area contributed by atoms with Gasteiger partial charge in [0.05, 0.1) is 11.3 Å². The van der Waals surface area contributed by atoms with Gasteiger partial charge in [0.1, 0.15) is 5.88 Å². The molecule has 6 nitrogen and oxygen atoms in total. The van der Waals surface area contributed by atoms with Gasteiger partial charge in [0.15, 0.2) is 0 Å². The minimum Gasteiger partial charge on any atom is -0.510 e. The van der Waals surface area contributed by atoms with Crippen LogP contribution in [0.5, 0.6) is 11.6 Å². The third-order valence-electron chi connectivity index (χ3n) is 6.00. The molecular formula is C28H28N5OPt-3. The molecular weight excluding hydrogens is 617 g/mol. The minimum absolute atomic E-state index is 0. The average molecular weight is 646 g/mol. The normalized spacial score (nSPS) is 13.4. The van der Waals surface area contributed by atoms with Gasteiger partial charge in [0, 0.05) is 38.7 Å². The van der Waals surface area contributed by atoms with Gasteiger partial charge in [-0.15, -0.1) is 36.0 Å². The first-order valence-corrected chi connectivity index (χ1v) is 11.3. The molecule has 1 aromatic carbocycles. The van der Waals surface area contributed by atoms with Gasteiger partial charge >= 0.3 is 0 Å². The Morgan fingerprint density at radius 2 is 1.83 bits per heavy atom. The fourth-order valence-corrected chi connectivity index (χ4v) is 3.92. The quantitative estimate of drug-likeness (QED) is 0.253. The molecule has 5 rings (SSSR count). The number of hydrogen-bond donors (Lipinski definition) is 0. The Morgan fingerprint density at radius 3 is 2.54 bits per heavy atom. The number of aromatic nitrogens is 3.